The highest BCUT2D eigenvalue weighted by Gasteiger charge is 2.48. The van der Waals surface area contributed by atoms with Gasteiger partial charge in [0.05, 0.1) is 18.2 Å². The van der Waals surface area contributed by atoms with Gasteiger partial charge in [-0.15, -0.1) is 11.3 Å². The summed E-state index contributed by atoms with van der Waals surface area (Å²) in [5.74, 6) is -3.16. The van der Waals surface area contributed by atoms with E-state index in [1.165, 1.54) is 23.3 Å². The molecule has 4 aromatic rings. The number of halogens is 2. The number of anilines is 2. The number of benzene rings is 3. The lowest BCUT2D eigenvalue weighted by Crippen LogP contribution is -2.66. The zero-order chi connectivity index (χ0) is 42.9. The number of fused-ring (bicyclic) bond motifs is 1. The van der Waals surface area contributed by atoms with Gasteiger partial charge in [-0.05, 0) is 119 Å². The molecular formula is C45H49F2N5O7S. The molecule has 4 amide bonds. The summed E-state index contributed by atoms with van der Waals surface area (Å²) in [7, 11) is 1.29. The average Bonchev–Trinajstić information content (AvgIpc) is 3.58. The van der Waals surface area contributed by atoms with Gasteiger partial charge in [0.15, 0.2) is 5.72 Å². The summed E-state index contributed by atoms with van der Waals surface area (Å²) < 4.78 is 40.6. The van der Waals surface area contributed by atoms with Crippen LogP contribution in [0.25, 0.3) is 0 Å². The molecule has 2 N–H and O–H groups in total. The molecule has 12 nitrogen and oxygen atoms in total. The van der Waals surface area contributed by atoms with Crippen molar-refractivity contribution in [3.63, 3.8) is 0 Å². The average molecular weight is 842 g/mol. The minimum Gasteiger partial charge on any atom is -0.465 e. The van der Waals surface area contributed by atoms with Crippen LogP contribution in [0.3, 0.4) is 0 Å². The van der Waals surface area contributed by atoms with Crippen LogP contribution in [0.1, 0.15) is 98.7 Å². The number of cyclic esters (lactones) is 1. The Morgan fingerprint density at radius 2 is 1.57 bits per heavy atom. The predicted octanol–water partition coefficient (Wildman–Crippen LogP) is 7.59. The van der Waals surface area contributed by atoms with Gasteiger partial charge in [-0.3, -0.25) is 24.2 Å². The number of hydrogen-bond donors (Lipinski definition) is 2. The van der Waals surface area contributed by atoms with E-state index >= 15 is 8.78 Å². The molecule has 15 heteroatoms. The van der Waals surface area contributed by atoms with Crippen LogP contribution in [-0.4, -0.2) is 89.0 Å². The molecule has 0 atom stereocenters. The molecular weight excluding hydrogens is 793 g/mol. The highest BCUT2D eigenvalue weighted by Crippen LogP contribution is 2.39. The number of ether oxygens (including phenoxy) is 2. The van der Waals surface area contributed by atoms with Gasteiger partial charge in [0.25, 0.3) is 11.8 Å². The minimum atomic E-state index is -0.806. The van der Waals surface area contributed by atoms with Crippen molar-refractivity contribution in [3.8, 4) is 0 Å². The van der Waals surface area contributed by atoms with E-state index in [0.717, 1.165) is 53.0 Å². The molecule has 0 unspecified atom stereocenters. The number of hydrogen-bond acceptors (Lipinski definition) is 9. The van der Waals surface area contributed by atoms with Crippen LogP contribution in [-0.2, 0) is 46.5 Å². The first-order valence-corrected chi connectivity index (χ1v) is 20.9. The van der Waals surface area contributed by atoms with Crippen LogP contribution < -0.4 is 10.6 Å². The van der Waals surface area contributed by atoms with Gasteiger partial charge in [0.2, 0.25) is 5.91 Å². The van der Waals surface area contributed by atoms with Gasteiger partial charge in [0, 0.05) is 53.4 Å². The van der Waals surface area contributed by atoms with E-state index in [9.17, 15) is 24.0 Å². The second-order valence-electron chi connectivity index (χ2n) is 16.6. The summed E-state index contributed by atoms with van der Waals surface area (Å²) in [4.78, 5) is 71.0. The molecule has 2 fully saturated rings. The fourth-order valence-corrected chi connectivity index (χ4v) is 9.38. The number of carbonyl (C=O) groups excluding carboxylic acids is 5. The number of nitrogens with one attached hydrogen (secondary N) is 2. The molecule has 7 rings (SSSR count). The molecule has 316 valence electrons. The molecule has 0 bridgehead atoms. The maximum atomic E-state index is 15.4. The molecule has 0 spiro atoms. The second-order valence-corrected chi connectivity index (χ2v) is 17.7. The number of rotatable bonds is 12. The summed E-state index contributed by atoms with van der Waals surface area (Å²) in [6.07, 6.45) is 3.09. The first-order chi connectivity index (χ1) is 28.5. The fourth-order valence-electron chi connectivity index (χ4n) is 8.09. The summed E-state index contributed by atoms with van der Waals surface area (Å²) >= 11 is 1.35. The maximum Gasteiger partial charge on any atom is 0.415 e. The Morgan fingerprint density at radius 3 is 2.23 bits per heavy atom. The normalized spacial score (nSPS) is 16.9. The van der Waals surface area contributed by atoms with Crippen molar-refractivity contribution < 1.29 is 42.2 Å². The van der Waals surface area contributed by atoms with Crippen molar-refractivity contribution in [1.29, 1.82) is 0 Å². The van der Waals surface area contributed by atoms with Gasteiger partial charge in [-0.1, -0.05) is 24.3 Å². The Balaban J connectivity index is 1.00. The Kier molecular flexibility index (Phi) is 12.1. The van der Waals surface area contributed by atoms with Crippen LogP contribution in [0.2, 0.25) is 0 Å². The SMILES string of the molecule is COC(=O)c1ccc(CCc2c(F)cc(NC(=O)c3c(NC(=O)c4cccc(CN5CCN(C(=O)CN6C(=O)OC6(C)C)CC5(C)C)c4)sc4c3CCCC4)cc2F)cc1. The highest BCUT2D eigenvalue weighted by atomic mass is 32.1. The largest absolute Gasteiger partial charge is 0.465 e. The third-order valence-corrected chi connectivity index (χ3v) is 12.8. The molecule has 60 heavy (non-hydrogen) atoms. The van der Waals surface area contributed by atoms with E-state index in [4.69, 9.17) is 9.47 Å². The molecule has 2 saturated heterocycles. The Hall–Kier alpha value is -5.67. The Morgan fingerprint density at radius 1 is 0.850 bits per heavy atom. The van der Waals surface area contributed by atoms with Crippen LogP contribution >= 0.6 is 11.3 Å². The third-order valence-electron chi connectivity index (χ3n) is 11.6. The monoisotopic (exact) mass is 841 g/mol. The van der Waals surface area contributed by atoms with E-state index in [2.05, 4.69) is 29.4 Å². The van der Waals surface area contributed by atoms with E-state index in [-0.39, 0.29) is 30.1 Å². The molecule has 0 radical (unpaired) electrons. The number of carbonyl (C=O) groups is 5. The minimum absolute atomic E-state index is 0.0418. The second kappa shape index (κ2) is 17.1. The molecule has 2 aliphatic heterocycles. The van der Waals surface area contributed by atoms with Crippen LogP contribution in [0.4, 0.5) is 24.3 Å². The zero-order valence-corrected chi connectivity index (χ0v) is 35.2. The molecule has 1 aromatic heterocycles. The Bertz CT molecular complexity index is 2320. The zero-order valence-electron chi connectivity index (χ0n) is 34.4. The summed E-state index contributed by atoms with van der Waals surface area (Å²) in [5.41, 5.74) is 2.22. The number of amides is 4. The fraction of sp³-hybridized carbons (Fsp3) is 0.400. The van der Waals surface area contributed by atoms with E-state index < -0.39 is 46.8 Å². The number of esters is 1. The van der Waals surface area contributed by atoms with Crippen molar-refractivity contribution in [2.45, 2.75) is 84.0 Å². The summed E-state index contributed by atoms with van der Waals surface area (Å²) in [6.45, 7) is 9.63. The van der Waals surface area contributed by atoms with Crippen molar-refractivity contribution >= 4 is 51.8 Å². The number of piperazine rings is 1. The van der Waals surface area contributed by atoms with Gasteiger partial charge < -0.3 is 25.0 Å². The summed E-state index contributed by atoms with van der Waals surface area (Å²) in [5, 5.41) is 6.04. The van der Waals surface area contributed by atoms with Crippen molar-refractivity contribution in [2.24, 2.45) is 0 Å². The quantitative estimate of drug-likeness (QED) is 0.139. The number of aryl methyl sites for hydroxylation is 2. The van der Waals surface area contributed by atoms with Crippen molar-refractivity contribution in [2.75, 3.05) is 43.9 Å². The maximum absolute atomic E-state index is 15.4. The van der Waals surface area contributed by atoms with Crippen molar-refractivity contribution in [1.82, 2.24) is 14.7 Å². The Labute approximate surface area is 351 Å². The third kappa shape index (κ3) is 9.06. The van der Waals surface area contributed by atoms with Gasteiger partial charge >= 0.3 is 12.1 Å². The van der Waals surface area contributed by atoms with E-state index in [0.29, 0.717) is 60.7 Å². The van der Waals surface area contributed by atoms with Gasteiger partial charge in [-0.2, -0.15) is 0 Å². The molecule has 1 aliphatic carbocycles. The van der Waals surface area contributed by atoms with Gasteiger partial charge in [-0.25, -0.2) is 18.4 Å². The lowest BCUT2D eigenvalue weighted by atomic mass is 9.95. The van der Waals surface area contributed by atoms with E-state index in [1.807, 2.05) is 18.2 Å². The van der Waals surface area contributed by atoms with Crippen molar-refractivity contribution in [3.05, 3.63) is 116 Å². The lowest BCUT2D eigenvalue weighted by Gasteiger charge is -2.49. The molecule has 3 aromatic carbocycles. The number of nitrogens with zero attached hydrogens (tertiary/aromatic N) is 3. The first kappa shape index (κ1) is 42.5. The molecule has 0 saturated carbocycles. The lowest BCUT2D eigenvalue weighted by molar-refractivity contribution is -0.173. The number of methoxy groups -OCH3 is 1. The van der Waals surface area contributed by atoms with Crippen LogP contribution in [0, 0.1) is 11.6 Å². The number of thiophene rings is 1. The van der Waals surface area contributed by atoms with Gasteiger partial charge in [0.1, 0.15) is 23.2 Å². The smallest absolute Gasteiger partial charge is 0.415 e. The molecule has 3 heterocycles. The molecule has 3 aliphatic rings. The standard InChI is InChI=1S/C45H49F2N5O7S/c1-44(2)26-50(37(53)25-52-43(57)59-45(52,3)4)19-20-51(44)24-28-9-8-10-30(21-28)39(54)49-41-38(33-11-6-7-12-36(33)60-41)40(55)48-31-22-34(46)32(35(47)23-31)18-15-27-13-16-29(17-14-27)42(56)58-5/h8-10,13-14,16-17,21-23H,6-7,11-12,15,18-20,24-26H2,1-5H3,(H,48,55)(H,49,54). The first-order valence-electron chi connectivity index (χ1n) is 20.1. The highest BCUT2D eigenvalue weighted by molar-refractivity contribution is 7.17. The van der Waals surface area contributed by atoms with Crippen LogP contribution in [0.5, 0.6) is 0 Å². The van der Waals surface area contributed by atoms with Crippen LogP contribution in [0.15, 0.2) is 60.7 Å². The topological polar surface area (TPSA) is 138 Å². The summed E-state index contributed by atoms with van der Waals surface area (Å²) in [6, 6.07) is 16.1. The predicted molar refractivity (Wildman–Crippen MR) is 223 cm³/mol. The van der Waals surface area contributed by atoms with E-state index in [1.54, 1.807) is 49.1 Å².